The number of aromatic nitrogens is 4. The van der Waals surface area contributed by atoms with Gasteiger partial charge in [-0.1, -0.05) is 54.6 Å². The number of fused-ring (bicyclic) bond motifs is 1. The van der Waals surface area contributed by atoms with E-state index in [9.17, 15) is 27.9 Å². The van der Waals surface area contributed by atoms with E-state index >= 15 is 0 Å². The smallest absolute Gasteiger partial charge is 0.388 e. The van der Waals surface area contributed by atoms with Gasteiger partial charge in [0.2, 0.25) is 5.91 Å². The molecule has 1 atom stereocenters. The van der Waals surface area contributed by atoms with Gasteiger partial charge >= 0.3 is 6.18 Å². The van der Waals surface area contributed by atoms with Gasteiger partial charge in [0.1, 0.15) is 5.52 Å². The summed E-state index contributed by atoms with van der Waals surface area (Å²) in [5.74, 6) is -2.53. The van der Waals surface area contributed by atoms with Gasteiger partial charge in [-0.05, 0) is 31.0 Å². The van der Waals surface area contributed by atoms with Gasteiger partial charge in [0.05, 0.1) is 30.1 Å². The number of hydrogen-bond acceptors (Lipinski definition) is 6. The van der Waals surface area contributed by atoms with E-state index in [4.69, 9.17) is 0 Å². The van der Waals surface area contributed by atoms with Crippen LogP contribution in [0.3, 0.4) is 0 Å². The molecule has 0 spiro atoms. The van der Waals surface area contributed by atoms with Crippen LogP contribution in [0.2, 0.25) is 0 Å². The van der Waals surface area contributed by atoms with Gasteiger partial charge in [0.25, 0.3) is 5.56 Å². The number of carbonyl (C=O) groups excluding carboxylic acids is 1. The van der Waals surface area contributed by atoms with Crippen molar-refractivity contribution in [2.75, 3.05) is 20.1 Å². The standard InChI is InChI=1S/C30H33F3N6O3/c1-34-17-20-8-10-22(11-9-20)27-25-26(36-37(27)2)28(41)39(19-35-25)18-29(42)12-14-38(15-13-29)24(40)16-23(30(31,32)33)21-6-4-3-5-7-21/h3-11,19,23,34,42H,12-18H2,1-2H3. The number of rotatable bonds is 8. The van der Waals surface area contributed by atoms with Crippen LogP contribution in [0.5, 0.6) is 0 Å². The SMILES string of the molecule is CNCc1ccc(-c2c3ncn(CC4(O)CCN(C(=O)CC(c5ccccc5)C(F)(F)F)CC4)c(=O)c3nn2C)cc1. The predicted molar refractivity (Wildman–Crippen MR) is 152 cm³/mol. The normalized spacial score (nSPS) is 16.1. The minimum atomic E-state index is -4.57. The molecule has 2 aromatic carbocycles. The Bertz CT molecular complexity index is 1610. The molecule has 1 unspecified atom stereocenters. The molecule has 0 aliphatic carbocycles. The van der Waals surface area contributed by atoms with Crippen molar-refractivity contribution < 1.29 is 23.1 Å². The average Bonchev–Trinajstić information content (AvgIpc) is 3.30. The zero-order valence-corrected chi connectivity index (χ0v) is 23.4. The van der Waals surface area contributed by atoms with Crippen molar-refractivity contribution >= 4 is 16.9 Å². The van der Waals surface area contributed by atoms with E-state index < -0.39 is 35.6 Å². The van der Waals surface area contributed by atoms with Crippen LogP contribution in [-0.4, -0.2) is 67.2 Å². The number of benzene rings is 2. The molecule has 12 heteroatoms. The first-order valence-electron chi connectivity index (χ1n) is 13.8. The molecule has 2 aromatic heterocycles. The molecule has 2 N–H and O–H groups in total. The van der Waals surface area contributed by atoms with Crippen molar-refractivity contribution in [3.05, 3.63) is 82.4 Å². The van der Waals surface area contributed by atoms with Crippen LogP contribution >= 0.6 is 0 Å². The third-order valence-electron chi connectivity index (χ3n) is 7.91. The molecule has 222 valence electrons. The Hall–Kier alpha value is -4.03. The summed E-state index contributed by atoms with van der Waals surface area (Å²) >= 11 is 0. The Morgan fingerprint density at radius 1 is 1.07 bits per heavy atom. The fourth-order valence-electron chi connectivity index (χ4n) is 5.57. The summed E-state index contributed by atoms with van der Waals surface area (Å²) in [7, 11) is 3.61. The van der Waals surface area contributed by atoms with Crippen molar-refractivity contribution in [1.82, 2.24) is 29.5 Å². The molecule has 0 radical (unpaired) electrons. The van der Waals surface area contributed by atoms with Crippen LogP contribution in [0, 0.1) is 0 Å². The maximum Gasteiger partial charge on any atom is 0.396 e. The minimum Gasteiger partial charge on any atom is -0.388 e. The molecular formula is C30H33F3N6O3. The lowest BCUT2D eigenvalue weighted by atomic mass is 9.90. The number of amides is 1. The van der Waals surface area contributed by atoms with Crippen molar-refractivity contribution in [3.63, 3.8) is 0 Å². The lowest BCUT2D eigenvalue weighted by molar-refractivity contribution is -0.162. The molecular weight excluding hydrogens is 549 g/mol. The molecule has 3 heterocycles. The molecule has 0 bridgehead atoms. The number of aryl methyl sites for hydroxylation is 1. The highest BCUT2D eigenvalue weighted by Crippen LogP contribution is 2.38. The summed E-state index contributed by atoms with van der Waals surface area (Å²) in [6.07, 6.45) is -3.67. The lowest BCUT2D eigenvalue weighted by Gasteiger charge is -2.39. The minimum absolute atomic E-state index is 0.0395. The number of aliphatic hydroxyl groups is 1. The topological polar surface area (TPSA) is 105 Å². The molecule has 1 aliphatic heterocycles. The van der Waals surface area contributed by atoms with Crippen molar-refractivity contribution in [2.24, 2.45) is 7.05 Å². The van der Waals surface area contributed by atoms with Gasteiger partial charge in [-0.15, -0.1) is 0 Å². The summed E-state index contributed by atoms with van der Waals surface area (Å²) in [5, 5.41) is 18.8. The lowest BCUT2D eigenvalue weighted by Crippen LogP contribution is -2.50. The second-order valence-electron chi connectivity index (χ2n) is 10.9. The Balaban J connectivity index is 1.28. The number of nitrogens with one attached hydrogen (secondary N) is 1. The molecule has 5 rings (SSSR count). The van der Waals surface area contributed by atoms with Crippen LogP contribution < -0.4 is 10.9 Å². The molecule has 9 nitrogen and oxygen atoms in total. The number of piperidine rings is 1. The summed E-state index contributed by atoms with van der Waals surface area (Å²) in [5.41, 5.74) is 1.59. The number of carbonyl (C=O) groups is 1. The molecule has 42 heavy (non-hydrogen) atoms. The molecule has 4 aromatic rings. The highest BCUT2D eigenvalue weighted by atomic mass is 19.4. The first kappa shape index (κ1) is 29.5. The van der Waals surface area contributed by atoms with Crippen molar-refractivity contribution in [1.29, 1.82) is 0 Å². The number of alkyl halides is 3. The number of nitrogens with zero attached hydrogens (tertiary/aromatic N) is 5. The summed E-state index contributed by atoms with van der Waals surface area (Å²) in [6, 6.07) is 15.3. The van der Waals surface area contributed by atoms with E-state index in [1.54, 1.807) is 17.8 Å². The van der Waals surface area contributed by atoms with Gasteiger partial charge < -0.3 is 15.3 Å². The summed E-state index contributed by atoms with van der Waals surface area (Å²) < 4.78 is 44.2. The first-order chi connectivity index (χ1) is 20.0. The van der Waals surface area contributed by atoms with Gasteiger partial charge in [0, 0.05) is 38.7 Å². The maximum atomic E-state index is 13.8. The zero-order valence-electron chi connectivity index (χ0n) is 23.4. The Kier molecular flexibility index (Phi) is 8.20. The summed E-state index contributed by atoms with van der Waals surface area (Å²) in [6.45, 7) is 0.815. The van der Waals surface area contributed by atoms with E-state index in [-0.39, 0.29) is 43.6 Å². The highest BCUT2D eigenvalue weighted by Gasteiger charge is 2.43. The van der Waals surface area contributed by atoms with E-state index in [0.717, 1.165) is 17.7 Å². The maximum absolute atomic E-state index is 13.8. The van der Waals surface area contributed by atoms with Crippen molar-refractivity contribution in [2.45, 2.75) is 50.0 Å². The Morgan fingerprint density at radius 2 is 1.74 bits per heavy atom. The van der Waals surface area contributed by atoms with E-state index in [1.807, 2.05) is 31.3 Å². The van der Waals surface area contributed by atoms with Crippen LogP contribution in [0.25, 0.3) is 22.3 Å². The number of hydrogen-bond donors (Lipinski definition) is 2. The second-order valence-corrected chi connectivity index (χ2v) is 10.9. The average molecular weight is 583 g/mol. The Morgan fingerprint density at radius 3 is 2.36 bits per heavy atom. The highest BCUT2D eigenvalue weighted by molar-refractivity contribution is 5.89. The second kappa shape index (κ2) is 11.7. The molecule has 1 amide bonds. The molecule has 1 fully saturated rings. The third kappa shape index (κ3) is 6.09. The van der Waals surface area contributed by atoms with Crippen molar-refractivity contribution in [3.8, 4) is 11.3 Å². The molecule has 1 saturated heterocycles. The van der Waals surface area contributed by atoms with Crippen LogP contribution in [-0.2, 0) is 24.9 Å². The van der Waals surface area contributed by atoms with Gasteiger partial charge in [0.15, 0.2) is 5.52 Å². The van der Waals surface area contributed by atoms with Gasteiger partial charge in [-0.2, -0.15) is 18.3 Å². The quantitative estimate of drug-likeness (QED) is 0.329. The largest absolute Gasteiger partial charge is 0.396 e. The number of halogens is 3. The first-order valence-corrected chi connectivity index (χ1v) is 13.8. The van der Waals surface area contributed by atoms with Gasteiger partial charge in [-0.25, -0.2) is 4.98 Å². The van der Waals surface area contributed by atoms with Crippen LogP contribution in [0.4, 0.5) is 13.2 Å². The Labute approximate surface area is 240 Å². The predicted octanol–water partition coefficient (Wildman–Crippen LogP) is 3.61. The van der Waals surface area contributed by atoms with E-state index in [1.165, 1.54) is 40.1 Å². The number of likely N-dealkylation sites (tertiary alicyclic amines) is 1. The molecule has 1 aliphatic rings. The van der Waals surface area contributed by atoms with Gasteiger partial charge in [-0.3, -0.25) is 18.8 Å². The summed E-state index contributed by atoms with van der Waals surface area (Å²) in [4.78, 5) is 32.1. The van der Waals surface area contributed by atoms with Crippen LogP contribution in [0.15, 0.2) is 65.7 Å². The van der Waals surface area contributed by atoms with Crippen LogP contribution in [0.1, 0.15) is 36.3 Å². The fourth-order valence-corrected chi connectivity index (χ4v) is 5.57. The van der Waals surface area contributed by atoms with E-state index in [2.05, 4.69) is 15.4 Å². The third-order valence-corrected chi connectivity index (χ3v) is 7.91. The van der Waals surface area contributed by atoms with E-state index in [0.29, 0.717) is 11.2 Å². The fraction of sp³-hybridized carbons (Fsp3) is 0.400. The molecule has 0 saturated carbocycles. The zero-order chi connectivity index (χ0) is 30.1. The monoisotopic (exact) mass is 582 g/mol.